The number of ether oxygens (including phenoxy) is 2. The lowest BCUT2D eigenvalue weighted by atomic mass is 10.1. The van der Waals surface area contributed by atoms with Crippen molar-refractivity contribution in [3.05, 3.63) is 71.2 Å². The summed E-state index contributed by atoms with van der Waals surface area (Å²) in [5, 5.41) is 14.6. The topological polar surface area (TPSA) is 72.7 Å². The van der Waals surface area contributed by atoms with Crippen LogP contribution in [0.25, 0.3) is 15.9 Å². The molecular weight excluding hydrogens is 388 g/mol. The Balaban J connectivity index is 1.65. The Hall–Kier alpha value is -3.45. The van der Waals surface area contributed by atoms with Gasteiger partial charge in [-0.15, -0.1) is 11.3 Å². The summed E-state index contributed by atoms with van der Waals surface area (Å²) < 4.78 is 12.7. The maximum Gasteiger partial charge on any atom is 0.345 e. The lowest BCUT2D eigenvalue weighted by molar-refractivity contribution is 0.0702. The van der Waals surface area contributed by atoms with Gasteiger partial charge in [0.05, 0.1) is 19.7 Å². The van der Waals surface area contributed by atoms with Crippen LogP contribution in [-0.2, 0) is 6.54 Å². The molecule has 0 atom stereocenters. The van der Waals surface area contributed by atoms with Crippen molar-refractivity contribution in [2.24, 2.45) is 0 Å². The molecular formula is C22H20N2O4S. The molecule has 148 valence electrons. The summed E-state index contributed by atoms with van der Waals surface area (Å²) in [7, 11) is 3.22. The highest BCUT2D eigenvalue weighted by Crippen LogP contribution is 2.32. The van der Waals surface area contributed by atoms with Crippen LogP contribution in [0.3, 0.4) is 0 Å². The van der Waals surface area contributed by atoms with Crippen LogP contribution in [0.2, 0.25) is 0 Å². The minimum Gasteiger partial charge on any atom is -0.493 e. The van der Waals surface area contributed by atoms with Crippen LogP contribution in [0.1, 0.15) is 15.2 Å². The van der Waals surface area contributed by atoms with Gasteiger partial charge >= 0.3 is 5.97 Å². The van der Waals surface area contributed by atoms with E-state index in [0.29, 0.717) is 22.9 Å². The number of fused-ring (bicyclic) bond motifs is 1. The maximum atomic E-state index is 11.2. The molecule has 4 aromatic rings. The van der Waals surface area contributed by atoms with E-state index in [4.69, 9.17) is 9.47 Å². The van der Waals surface area contributed by atoms with Crippen molar-refractivity contribution in [2.75, 3.05) is 19.5 Å². The predicted octanol–water partition coefficient (Wildman–Crippen LogP) is 5.02. The Kier molecular flexibility index (Phi) is 5.14. The number of carbonyl (C=O) groups is 1. The van der Waals surface area contributed by atoms with Gasteiger partial charge in [-0.2, -0.15) is 0 Å². The van der Waals surface area contributed by atoms with Crippen LogP contribution in [0.15, 0.2) is 60.8 Å². The van der Waals surface area contributed by atoms with Gasteiger partial charge in [0.25, 0.3) is 0 Å². The minimum atomic E-state index is -0.909. The number of nitrogens with zero attached hydrogens (tertiary/aromatic N) is 1. The number of carboxylic acid groups (broad SMARTS) is 1. The summed E-state index contributed by atoms with van der Waals surface area (Å²) in [6.07, 6.45) is 2.05. The number of carboxylic acids is 1. The number of methoxy groups -OCH3 is 2. The summed E-state index contributed by atoms with van der Waals surface area (Å²) in [4.78, 5) is 11.6. The highest BCUT2D eigenvalue weighted by Gasteiger charge is 2.13. The molecule has 0 spiro atoms. The number of aromatic carboxylic acids is 1. The van der Waals surface area contributed by atoms with E-state index in [9.17, 15) is 9.90 Å². The van der Waals surface area contributed by atoms with Crippen LogP contribution in [0, 0.1) is 0 Å². The normalized spacial score (nSPS) is 10.8. The molecule has 2 aromatic carbocycles. The van der Waals surface area contributed by atoms with E-state index < -0.39 is 5.97 Å². The fourth-order valence-electron chi connectivity index (χ4n) is 3.29. The summed E-state index contributed by atoms with van der Waals surface area (Å²) in [5.41, 5.74) is 3.07. The molecule has 0 aliphatic rings. The highest BCUT2D eigenvalue weighted by atomic mass is 32.1. The molecule has 2 aromatic heterocycles. The van der Waals surface area contributed by atoms with E-state index in [-0.39, 0.29) is 0 Å². The SMILES string of the molecule is COc1ccc(NCc2cn(-c3ccc(C(=O)O)s3)c3ccccc23)cc1OC. The number of anilines is 1. The zero-order valence-electron chi connectivity index (χ0n) is 16.0. The van der Waals surface area contributed by atoms with Gasteiger partial charge in [-0.25, -0.2) is 4.79 Å². The van der Waals surface area contributed by atoms with Crippen molar-refractivity contribution >= 4 is 33.9 Å². The van der Waals surface area contributed by atoms with Crippen molar-refractivity contribution in [1.82, 2.24) is 4.57 Å². The molecule has 0 unspecified atom stereocenters. The van der Waals surface area contributed by atoms with Crippen molar-refractivity contribution in [1.29, 1.82) is 0 Å². The van der Waals surface area contributed by atoms with Crippen LogP contribution >= 0.6 is 11.3 Å². The molecule has 6 nitrogen and oxygen atoms in total. The quantitative estimate of drug-likeness (QED) is 0.449. The Labute approximate surface area is 171 Å². The van der Waals surface area contributed by atoms with E-state index >= 15 is 0 Å². The second kappa shape index (κ2) is 7.89. The van der Waals surface area contributed by atoms with Gasteiger partial charge in [0.15, 0.2) is 11.5 Å². The largest absolute Gasteiger partial charge is 0.493 e. The van der Waals surface area contributed by atoms with Crippen LogP contribution in [-0.4, -0.2) is 29.9 Å². The molecule has 0 aliphatic carbocycles. The molecule has 0 amide bonds. The summed E-state index contributed by atoms with van der Waals surface area (Å²) in [6.45, 7) is 0.611. The third-order valence-corrected chi connectivity index (χ3v) is 5.77. The molecule has 0 aliphatic heterocycles. The number of hydrogen-bond acceptors (Lipinski definition) is 5. The van der Waals surface area contributed by atoms with Gasteiger partial charge in [-0.1, -0.05) is 18.2 Å². The standard InChI is InChI=1S/C22H20N2O4S/c1-27-18-8-7-15(11-19(18)28-2)23-12-14-13-24(17-6-4-3-5-16(14)17)21-10-9-20(29-21)22(25)26/h3-11,13,23H,12H2,1-2H3,(H,25,26). The molecule has 2 N–H and O–H groups in total. The number of hydrogen-bond donors (Lipinski definition) is 2. The van der Waals surface area contributed by atoms with Gasteiger partial charge in [-0.05, 0) is 35.9 Å². The van der Waals surface area contributed by atoms with E-state index in [2.05, 4.69) is 17.6 Å². The first kappa shape index (κ1) is 18.9. The first-order valence-corrected chi connectivity index (χ1v) is 9.80. The smallest absolute Gasteiger partial charge is 0.345 e. The highest BCUT2D eigenvalue weighted by molar-refractivity contribution is 7.16. The van der Waals surface area contributed by atoms with E-state index in [1.807, 2.05) is 47.0 Å². The second-order valence-electron chi connectivity index (χ2n) is 6.41. The zero-order valence-corrected chi connectivity index (χ0v) is 16.8. The molecule has 0 fully saturated rings. The average molecular weight is 408 g/mol. The van der Waals surface area contributed by atoms with Crippen molar-refractivity contribution < 1.29 is 19.4 Å². The first-order chi connectivity index (χ1) is 14.1. The van der Waals surface area contributed by atoms with Gasteiger partial charge in [0.2, 0.25) is 0 Å². The van der Waals surface area contributed by atoms with Crippen molar-refractivity contribution in [3.63, 3.8) is 0 Å². The number of aromatic nitrogens is 1. The Bertz CT molecular complexity index is 1180. The van der Waals surface area contributed by atoms with E-state index in [1.165, 1.54) is 11.3 Å². The maximum absolute atomic E-state index is 11.2. The Morgan fingerprint density at radius 3 is 2.59 bits per heavy atom. The van der Waals surface area contributed by atoms with Gasteiger partial charge < -0.3 is 24.5 Å². The van der Waals surface area contributed by atoms with Crippen LogP contribution < -0.4 is 14.8 Å². The Morgan fingerprint density at radius 2 is 1.86 bits per heavy atom. The second-order valence-corrected chi connectivity index (χ2v) is 7.47. The van der Waals surface area contributed by atoms with Crippen molar-refractivity contribution in [2.45, 2.75) is 6.54 Å². The van der Waals surface area contributed by atoms with Crippen LogP contribution in [0.4, 0.5) is 5.69 Å². The van der Waals surface area contributed by atoms with E-state index in [1.54, 1.807) is 20.3 Å². The van der Waals surface area contributed by atoms with E-state index in [0.717, 1.165) is 27.2 Å². The number of nitrogens with one attached hydrogen (secondary N) is 1. The molecule has 0 radical (unpaired) electrons. The molecule has 7 heteroatoms. The van der Waals surface area contributed by atoms with Crippen molar-refractivity contribution in [3.8, 4) is 16.5 Å². The van der Waals surface area contributed by atoms with Gasteiger partial charge in [0, 0.05) is 29.9 Å². The third-order valence-electron chi connectivity index (χ3n) is 4.70. The molecule has 0 saturated heterocycles. The third kappa shape index (κ3) is 3.64. The predicted molar refractivity (Wildman–Crippen MR) is 115 cm³/mol. The monoisotopic (exact) mass is 408 g/mol. The zero-order chi connectivity index (χ0) is 20.4. The minimum absolute atomic E-state index is 0.322. The Morgan fingerprint density at radius 1 is 1.07 bits per heavy atom. The summed E-state index contributed by atoms with van der Waals surface area (Å²) in [6, 6.07) is 17.3. The summed E-state index contributed by atoms with van der Waals surface area (Å²) >= 11 is 1.26. The first-order valence-electron chi connectivity index (χ1n) is 8.99. The number of rotatable bonds is 7. The molecule has 0 bridgehead atoms. The lowest BCUT2D eigenvalue weighted by Crippen LogP contribution is -2.00. The summed E-state index contributed by atoms with van der Waals surface area (Å²) in [5.74, 6) is 0.439. The lowest BCUT2D eigenvalue weighted by Gasteiger charge is -2.11. The number of para-hydroxylation sites is 1. The fraction of sp³-hybridized carbons (Fsp3) is 0.136. The number of thiophene rings is 1. The molecule has 2 heterocycles. The fourth-order valence-corrected chi connectivity index (χ4v) is 4.12. The molecule has 4 rings (SSSR count). The van der Waals surface area contributed by atoms with Gasteiger partial charge in [0.1, 0.15) is 9.88 Å². The molecule has 0 saturated carbocycles. The van der Waals surface area contributed by atoms with Crippen LogP contribution in [0.5, 0.6) is 11.5 Å². The molecule has 29 heavy (non-hydrogen) atoms. The average Bonchev–Trinajstić information content (AvgIpc) is 3.37. The number of benzene rings is 2. The van der Waals surface area contributed by atoms with Gasteiger partial charge in [-0.3, -0.25) is 0 Å².